The van der Waals surface area contributed by atoms with Crippen molar-refractivity contribution in [2.45, 2.75) is 26.1 Å². The molecule has 0 radical (unpaired) electrons. The lowest BCUT2D eigenvalue weighted by atomic mass is 10.0. The van der Waals surface area contributed by atoms with Crippen LogP contribution in [-0.4, -0.2) is 44.7 Å². The summed E-state index contributed by atoms with van der Waals surface area (Å²) in [5.74, 6) is -0.795. The first kappa shape index (κ1) is 29.9. The lowest BCUT2D eigenvalue weighted by Crippen LogP contribution is -2.31. The number of aromatic nitrogens is 3. The van der Waals surface area contributed by atoms with Crippen molar-refractivity contribution < 1.29 is 31.9 Å². The van der Waals surface area contributed by atoms with Gasteiger partial charge in [-0.05, 0) is 55.8 Å². The number of urea groups is 1. The third-order valence-electron chi connectivity index (χ3n) is 6.59. The molecular weight excluding hydrogens is 588 g/mol. The van der Waals surface area contributed by atoms with E-state index in [0.717, 1.165) is 35.0 Å². The van der Waals surface area contributed by atoms with Crippen LogP contribution in [0.2, 0.25) is 0 Å². The number of hydrogen-bond acceptors (Lipinski definition) is 6. The molecule has 1 N–H and O–H groups in total. The van der Waals surface area contributed by atoms with Crippen molar-refractivity contribution in [2.24, 2.45) is 4.99 Å². The number of alkyl halides is 3. The number of aryl methyl sites for hydroxylation is 1. The first-order valence-electron chi connectivity index (χ1n) is 12.8. The number of benzene rings is 2. The molecule has 2 aromatic heterocycles. The molecule has 0 bridgehead atoms. The third kappa shape index (κ3) is 6.44. The molecule has 5 rings (SSSR count). The van der Waals surface area contributed by atoms with Crippen LogP contribution < -0.4 is 10.2 Å². The molecule has 0 saturated carbocycles. The quantitative estimate of drug-likeness (QED) is 0.241. The third-order valence-corrected chi connectivity index (χ3v) is 7.51. The fourth-order valence-electron chi connectivity index (χ4n) is 4.30. The van der Waals surface area contributed by atoms with Crippen LogP contribution in [-0.2, 0) is 15.7 Å². The van der Waals surface area contributed by atoms with Crippen molar-refractivity contribution in [1.29, 1.82) is 0 Å². The highest BCUT2D eigenvalue weighted by Crippen LogP contribution is 2.35. The number of carbonyl (C=O) groups is 2. The first-order valence-corrected chi connectivity index (χ1v) is 13.8. The van der Waals surface area contributed by atoms with Crippen molar-refractivity contribution in [1.82, 2.24) is 14.8 Å². The number of pyridine rings is 1. The fourth-order valence-corrected chi connectivity index (χ4v) is 5.16. The van der Waals surface area contributed by atoms with E-state index in [-0.39, 0.29) is 34.4 Å². The van der Waals surface area contributed by atoms with Gasteiger partial charge in [-0.15, -0.1) is 0 Å². The minimum absolute atomic E-state index is 0.0819. The van der Waals surface area contributed by atoms with Gasteiger partial charge in [-0.2, -0.15) is 23.3 Å². The molecule has 3 amide bonds. The highest BCUT2D eigenvalue weighted by molar-refractivity contribution is 8.15. The number of rotatable bonds is 6. The van der Waals surface area contributed by atoms with Crippen molar-refractivity contribution in [3.05, 3.63) is 89.5 Å². The molecular formula is C29H24F4N6O3S. The normalized spacial score (nSPS) is 15.3. The van der Waals surface area contributed by atoms with Gasteiger partial charge in [0.2, 0.25) is 5.91 Å². The molecule has 0 spiro atoms. The number of halogens is 4. The number of aliphatic imine (C=N–C) groups is 1. The summed E-state index contributed by atoms with van der Waals surface area (Å²) in [6.45, 7) is 3.72. The van der Waals surface area contributed by atoms with E-state index in [1.165, 1.54) is 34.0 Å². The summed E-state index contributed by atoms with van der Waals surface area (Å²) in [6.07, 6.45) is -2.65. The monoisotopic (exact) mass is 612 g/mol. The van der Waals surface area contributed by atoms with Crippen LogP contribution in [0.4, 0.5) is 33.7 Å². The maximum atomic E-state index is 15.0. The summed E-state index contributed by atoms with van der Waals surface area (Å²) < 4.78 is 60.2. The Morgan fingerprint density at radius 2 is 1.93 bits per heavy atom. The number of nitrogens with one attached hydrogen (secondary N) is 1. The zero-order valence-corrected chi connectivity index (χ0v) is 23.8. The van der Waals surface area contributed by atoms with Gasteiger partial charge in [0, 0.05) is 30.6 Å². The zero-order chi connectivity index (χ0) is 30.9. The first-order chi connectivity index (χ1) is 20.4. The molecule has 14 heteroatoms. The van der Waals surface area contributed by atoms with Crippen LogP contribution in [0.3, 0.4) is 0 Å². The van der Waals surface area contributed by atoms with Crippen LogP contribution in [0.15, 0.2) is 72.0 Å². The Morgan fingerprint density at radius 1 is 1.14 bits per heavy atom. The molecule has 1 fully saturated rings. The highest BCUT2D eigenvalue weighted by atomic mass is 32.2. The molecule has 1 aliphatic rings. The molecule has 0 aliphatic carbocycles. The summed E-state index contributed by atoms with van der Waals surface area (Å²) in [6, 6.07) is 12.3. The van der Waals surface area contributed by atoms with Gasteiger partial charge in [0.25, 0.3) is 0 Å². The van der Waals surface area contributed by atoms with Crippen LogP contribution in [0, 0.1) is 12.7 Å². The number of hydrogen-bond donors (Lipinski definition) is 1. The van der Waals surface area contributed by atoms with Gasteiger partial charge in [-0.1, -0.05) is 30.0 Å². The topological polar surface area (TPSA) is 102 Å². The van der Waals surface area contributed by atoms with Gasteiger partial charge in [0.1, 0.15) is 5.82 Å². The molecule has 1 aliphatic heterocycles. The van der Waals surface area contributed by atoms with Gasteiger partial charge in [-0.3, -0.25) is 9.69 Å². The number of ether oxygens (including phenoxy) is 1. The lowest BCUT2D eigenvalue weighted by Gasteiger charge is -2.23. The Bertz CT molecular complexity index is 1720. The van der Waals surface area contributed by atoms with E-state index in [0.29, 0.717) is 23.1 Å². The molecule has 1 atom stereocenters. The summed E-state index contributed by atoms with van der Waals surface area (Å²) in [7, 11) is 1.55. The van der Waals surface area contributed by atoms with Crippen molar-refractivity contribution >= 4 is 40.2 Å². The van der Waals surface area contributed by atoms with Gasteiger partial charge in [0.05, 0.1) is 34.5 Å². The van der Waals surface area contributed by atoms with Gasteiger partial charge in [-0.25, -0.2) is 18.9 Å². The van der Waals surface area contributed by atoms with Crippen molar-refractivity contribution in [3.8, 4) is 17.1 Å². The molecule has 2 aromatic carbocycles. The second kappa shape index (κ2) is 12.0. The zero-order valence-electron chi connectivity index (χ0n) is 23.0. The van der Waals surface area contributed by atoms with Crippen LogP contribution in [0.25, 0.3) is 17.1 Å². The van der Waals surface area contributed by atoms with Crippen LogP contribution in [0.1, 0.15) is 29.7 Å². The maximum absolute atomic E-state index is 15.0. The second-order valence-electron chi connectivity index (χ2n) is 9.53. The number of nitrogens with zero attached hydrogens (tertiary/aromatic N) is 5. The van der Waals surface area contributed by atoms with Gasteiger partial charge in [0.15, 0.2) is 11.0 Å². The smallest absolute Gasteiger partial charge is 0.377 e. The van der Waals surface area contributed by atoms with Crippen molar-refractivity contribution in [3.63, 3.8) is 0 Å². The Kier molecular flexibility index (Phi) is 8.33. The second-order valence-corrected chi connectivity index (χ2v) is 10.5. The average molecular weight is 613 g/mol. The molecule has 3 heterocycles. The highest BCUT2D eigenvalue weighted by Gasteiger charge is 2.33. The number of amidine groups is 1. The summed E-state index contributed by atoms with van der Waals surface area (Å²) in [5.41, 5.74) is 1.85. The minimum Gasteiger partial charge on any atom is -0.377 e. The molecule has 9 nitrogen and oxygen atoms in total. The number of methoxy groups -OCH3 is 1. The van der Waals surface area contributed by atoms with Crippen molar-refractivity contribution in [2.75, 3.05) is 23.1 Å². The fraction of sp³-hybridized carbons (Fsp3) is 0.207. The molecule has 1 unspecified atom stereocenters. The van der Waals surface area contributed by atoms with Crippen LogP contribution in [0.5, 0.6) is 0 Å². The minimum atomic E-state index is -4.51. The molecule has 222 valence electrons. The molecule has 4 aromatic rings. The number of amides is 3. The predicted octanol–water partition coefficient (Wildman–Crippen LogP) is 6.78. The Hall–Kier alpha value is -4.56. The molecule has 43 heavy (non-hydrogen) atoms. The number of anilines is 2. The van der Waals surface area contributed by atoms with E-state index >= 15 is 4.39 Å². The predicted molar refractivity (Wildman–Crippen MR) is 155 cm³/mol. The van der Waals surface area contributed by atoms with E-state index in [4.69, 9.17) is 4.74 Å². The standard InChI is InChI=1S/C29H24F4N6O3S/c1-16-4-7-20(17(2)42-3)24(12-16)39-26(40)15-43-28(39)36-27(41)35-23-8-5-18(13-21(23)30)22-10-11-38(37-22)25-9-6-19(14-34-25)29(31,32)33/h4-14,17H,15H2,1-3H3,(H,35,41)/b36-28-. The van der Waals surface area contributed by atoms with Gasteiger partial charge >= 0.3 is 12.2 Å². The number of thioether (sulfide) groups is 1. The van der Waals surface area contributed by atoms with E-state index in [9.17, 15) is 22.8 Å². The van der Waals surface area contributed by atoms with Crippen LogP contribution >= 0.6 is 11.8 Å². The largest absolute Gasteiger partial charge is 0.417 e. The Labute approximate surface area is 247 Å². The average Bonchev–Trinajstić information content (AvgIpc) is 3.60. The van der Waals surface area contributed by atoms with E-state index in [1.807, 2.05) is 32.0 Å². The van der Waals surface area contributed by atoms with E-state index < -0.39 is 23.6 Å². The van der Waals surface area contributed by atoms with E-state index in [2.05, 4.69) is 20.4 Å². The Balaban J connectivity index is 1.33. The Morgan fingerprint density at radius 3 is 2.60 bits per heavy atom. The molecule has 1 saturated heterocycles. The summed E-state index contributed by atoms with van der Waals surface area (Å²) in [4.78, 5) is 34.8. The van der Waals surface area contributed by atoms with Gasteiger partial charge < -0.3 is 10.1 Å². The van der Waals surface area contributed by atoms with E-state index in [1.54, 1.807) is 13.2 Å². The summed E-state index contributed by atoms with van der Waals surface area (Å²) >= 11 is 1.09. The SMILES string of the molecule is COC(C)c1ccc(C)cc1N1C(=O)CS/C1=N\C(=O)Nc1ccc(-c2ccn(-c3ccc(C(F)(F)F)cn3)n2)cc1F. The maximum Gasteiger partial charge on any atom is 0.417 e. The lowest BCUT2D eigenvalue weighted by molar-refractivity contribution is -0.137. The number of carbonyl (C=O) groups excluding carboxylic acids is 2. The summed E-state index contributed by atoms with van der Waals surface area (Å²) in [5, 5.41) is 6.82.